The predicted molar refractivity (Wildman–Crippen MR) is 100 cm³/mol. The molecule has 0 spiro atoms. The summed E-state index contributed by atoms with van der Waals surface area (Å²) in [6, 6.07) is 0.366. The van der Waals surface area contributed by atoms with E-state index in [1.165, 1.54) is 5.57 Å². The second-order valence-corrected chi connectivity index (χ2v) is 6.01. The molecule has 2 rings (SSSR count). The van der Waals surface area contributed by atoms with Crippen molar-refractivity contribution in [3.8, 4) is 0 Å². The SMILES string of the molecule is C=C(N)c1cn(C2CCNCC2)nc1C(/C=C/O)=C/C(=C\C)CC. The van der Waals surface area contributed by atoms with Crippen LogP contribution in [0.1, 0.15) is 50.4 Å². The molecule has 1 aliphatic heterocycles. The molecule has 4 N–H and O–H groups in total. The van der Waals surface area contributed by atoms with Crippen LogP contribution in [-0.2, 0) is 0 Å². The lowest BCUT2D eigenvalue weighted by molar-refractivity contribution is 0.343. The largest absolute Gasteiger partial charge is 0.516 e. The third-order valence-electron chi connectivity index (χ3n) is 4.41. The fourth-order valence-corrected chi connectivity index (χ4v) is 2.96. The number of hydrogen-bond acceptors (Lipinski definition) is 4. The van der Waals surface area contributed by atoms with Crippen LogP contribution in [0.15, 0.2) is 42.8 Å². The summed E-state index contributed by atoms with van der Waals surface area (Å²) in [7, 11) is 0. The monoisotopic (exact) mass is 328 g/mol. The van der Waals surface area contributed by atoms with Crippen LogP contribution in [0.4, 0.5) is 0 Å². The number of hydrogen-bond donors (Lipinski definition) is 3. The summed E-state index contributed by atoms with van der Waals surface area (Å²) in [5.41, 5.74) is 10.1. The van der Waals surface area contributed by atoms with Gasteiger partial charge in [0, 0.05) is 23.0 Å². The maximum atomic E-state index is 9.30. The van der Waals surface area contributed by atoms with Gasteiger partial charge in [-0.05, 0) is 51.4 Å². The fourth-order valence-electron chi connectivity index (χ4n) is 2.96. The maximum absolute atomic E-state index is 9.30. The van der Waals surface area contributed by atoms with E-state index in [2.05, 4.69) is 24.9 Å². The number of aromatic nitrogens is 2. The Bertz CT molecular complexity index is 661. The van der Waals surface area contributed by atoms with Crippen molar-refractivity contribution >= 4 is 11.3 Å². The first-order valence-electron chi connectivity index (χ1n) is 8.53. The number of rotatable bonds is 6. The molecule has 1 aromatic rings. The zero-order valence-electron chi connectivity index (χ0n) is 14.6. The molecule has 0 amide bonds. The van der Waals surface area contributed by atoms with Crippen molar-refractivity contribution < 1.29 is 5.11 Å². The minimum absolute atomic E-state index is 0.366. The van der Waals surface area contributed by atoms with Crippen molar-refractivity contribution in [3.05, 3.63) is 54.1 Å². The molecule has 5 heteroatoms. The third-order valence-corrected chi connectivity index (χ3v) is 4.41. The normalized spacial score (nSPS) is 17.6. The Morgan fingerprint density at radius 1 is 1.50 bits per heavy atom. The van der Waals surface area contributed by atoms with E-state index in [0.29, 0.717) is 11.7 Å². The van der Waals surface area contributed by atoms with Crippen molar-refractivity contribution in [2.75, 3.05) is 13.1 Å². The predicted octanol–water partition coefficient (Wildman–Crippen LogP) is 3.55. The first-order chi connectivity index (χ1) is 11.6. The number of nitrogens with zero attached hydrogens (tertiary/aromatic N) is 2. The summed E-state index contributed by atoms with van der Waals surface area (Å²) >= 11 is 0. The van der Waals surface area contributed by atoms with Gasteiger partial charge in [0.1, 0.15) is 5.69 Å². The molecule has 2 heterocycles. The Morgan fingerprint density at radius 2 is 2.21 bits per heavy atom. The van der Waals surface area contributed by atoms with E-state index in [1.807, 2.05) is 23.9 Å². The van der Waals surface area contributed by atoms with Gasteiger partial charge in [-0.15, -0.1) is 0 Å². The molecular weight excluding hydrogens is 300 g/mol. The second kappa shape index (κ2) is 8.55. The molecule has 1 saturated heterocycles. The van der Waals surface area contributed by atoms with Gasteiger partial charge >= 0.3 is 0 Å². The molecule has 0 saturated carbocycles. The van der Waals surface area contributed by atoms with Crippen LogP contribution >= 0.6 is 0 Å². The number of aliphatic hydroxyl groups excluding tert-OH is 1. The third kappa shape index (κ3) is 4.17. The summed E-state index contributed by atoms with van der Waals surface area (Å²) in [5.74, 6) is 0. The van der Waals surface area contributed by atoms with E-state index in [9.17, 15) is 5.11 Å². The molecular formula is C19H28N4O. The van der Waals surface area contributed by atoms with E-state index in [-0.39, 0.29) is 0 Å². The lowest BCUT2D eigenvalue weighted by atomic mass is 10.0. The van der Waals surface area contributed by atoms with Gasteiger partial charge in [-0.2, -0.15) is 5.10 Å². The van der Waals surface area contributed by atoms with Crippen LogP contribution in [0.3, 0.4) is 0 Å². The van der Waals surface area contributed by atoms with Gasteiger partial charge in [-0.1, -0.05) is 25.2 Å². The molecule has 5 nitrogen and oxygen atoms in total. The van der Waals surface area contributed by atoms with Gasteiger partial charge in [-0.25, -0.2) is 0 Å². The van der Waals surface area contributed by atoms with Crippen molar-refractivity contribution in [1.82, 2.24) is 15.1 Å². The number of nitrogens with two attached hydrogens (primary N) is 1. The van der Waals surface area contributed by atoms with Gasteiger partial charge in [0.2, 0.25) is 0 Å². The zero-order valence-corrected chi connectivity index (χ0v) is 14.6. The Hall–Kier alpha value is -2.27. The lowest BCUT2D eigenvalue weighted by Gasteiger charge is -2.22. The van der Waals surface area contributed by atoms with E-state index in [1.54, 1.807) is 6.08 Å². The van der Waals surface area contributed by atoms with Gasteiger partial charge < -0.3 is 16.2 Å². The Morgan fingerprint density at radius 3 is 2.75 bits per heavy atom. The van der Waals surface area contributed by atoms with Crippen LogP contribution < -0.4 is 11.1 Å². The lowest BCUT2D eigenvalue weighted by Crippen LogP contribution is -2.29. The Balaban J connectivity index is 2.48. The Kier molecular flexibility index (Phi) is 6.44. The fraction of sp³-hybridized carbons (Fsp3) is 0.421. The first-order valence-corrected chi connectivity index (χ1v) is 8.53. The Labute approximate surface area is 144 Å². The number of piperidine rings is 1. The van der Waals surface area contributed by atoms with E-state index >= 15 is 0 Å². The molecule has 1 aliphatic rings. The van der Waals surface area contributed by atoms with Crippen LogP contribution in [0, 0.1) is 0 Å². The smallest absolute Gasteiger partial charge is 0.102 e. The minimum atomic E-state index is 0.366. The average molecular weight is 328 g/mol. The van der Waals surface area contributed by atoms with Gasteiger partial charge in [0.25, 0.3) is 0 Å². The number of allylic oxidation sites excluding steroid dienone is 5. The molecule has 24 heavy (non-hydrogen) atoms. The van der Waals surface area contributed by atoms with Crippen LogP contribution in [0.2, 0.25) is 0 Å². The molecule has 130 valence electrons. The molecule has 0 bridgehead atoms. The molecule has 1 aromatic heterocycles. The highest BCUT2D eigenvalue weighted by Crippen LogP contribution is 2.27. The van der Waals surface area contributed by atoms with E-state index < -0.39 is 0 Å². The van der Waals surface area contributed by atoms with Gasteiger partial charge in [-0.3, -0.25) is 4.68 Å². The standard InChI is InChI=1S/C19H28N4O/c1-4-15(5-2)12-16(8-11-24)19-18(14(3)20)13-23(22-19)17-6-9-21-10-7-17/h4,8,11-13,17,21,24H,3,5-7,9-10,20H2,1-2H3/b11-8+,15-4-,16-12+. The van der Waals surface area contributed by atoms with Crippen LogP contribution in [-0.4, -0.2) is 28.0 Å². The van der Waals surface area contributed by atoms with Crippen LogP contribution in [0.25, 0.3) is 11.3 Å². The minimum Gasteiger partial charge on any atom is -0.516 e. The quantitative estimate of drug-likeness (QED) is 0.551. The highest BCUT2D eigenvalue weighted by molar-refractivity contribution is 5.81. The maximum Gasteiger partial charge on any atom is 0.102 e. The number of aliphatic hydroxyl groups is 1. The summed E-state index contributed by atoms with van der Waals surface area (Å²) in [4.78, 5) is 0. The van der Waals surface area contributed by atoms with Gasteiger partial charge in [0.15, 0.2) is 0 Å². The molecule has 1 fully saturated rings. The molecule has 0 unspecified atom stereocenters. The second-order valence-electron chi connectivity index (χ2n) is 6.01. The van der Waals surface area contributed by atoms with Crippen LogP contribution in [0.5, 0.6) is 0 Å². The van der Waals surface area contributed by atoms with E-state index in [0.717, 1.165) is 55.4 Å². The summed E-state index contributed by atoms with van der Waals surface area (Å²) in [5, 5.41) is 17.5. The highest BCUT2D eigenvalue weighted by Gasteiger charge is 2.20. The highest BCUT2D eigenvalue weighted by atomic mass is 16.2. The summed E-state index contributed by atoms with van der Waals surface area (Å²) in [6.07, 6.45) is 11.8. The molecule has 0 aliphatic carbocycles. The topological polar surface area (TPSA) is 76.1 Å². The summed E-state index contributed by atoms with van der Waals surface area (Å²) in [6.45, 7) is 9.99. The van der Waals surface area contributed by atoms with Crippen molar-refractivity contribution in [3.63, 3.8) is 0 Å². The molecule has 0 radical (unpaired) electrons. The number of nitrogens with one attached hydrogen (secondary N) is 1. The summed E-state index contributed by atoms with van der Waals surface area (Å²) < 4.78 is 2.00. The first kappa shape index (κ1) is 18.1. The van der Waals surface area contributed by atoms with Crippen molar-refractivity contribution in [2.24, 2.45) is 5.73 Å². The van der Waals surface area contributed by atoms with Crippen molar-refractivity contribution in [1.29, 1.82) is 0 Å². The molecule has 0 aromatic carbocycles. The zero-order chi connectivity index (χ0) is 17.5. The average Bonchev–Trinajstić information content (AvgIpc) is 3.05. The molecule has 0 atom stereocenters. The van der Waals surface area contributed by atoms with Gasteiger partial charge in [0.05, 0.1) is 12.3 Å². The van der Waals surface area contributed by atoms with Crippen molar-refractivity contribution in [2.45, 2.75) is 39.2 Å². The van der Waals surface area contributed by atoms with E-state index in [4.69, 9.17) is 10.8 Å².